The number of nitrogens with one attached hydrogen (secondary N) is 1. The number of aromatic nitrogens is 2. The van der Waals surface area contributed by atoms with Crippen LogP contribution in [0, 0.1) is 5.92 Å². The smallest absolute Gasteiger partial charge is 0.391 e. The molecule has 1 aromatic rings. The highest BCUT2D eigenvalue weighted by Crippen LogP contribution is 2.43. The van der Waals surface area contributed by atoms with Crippen molar-refractivity contribution in [2.45, 2.75) is 44.2 Å². The van der Waals surface area contributed by atoms with Gasteiger partial charge in [0.2, 0.25) is 11.8 Å². The summed E-state index contributed by atoms with van der Waals surface area (Å²) in [5.41, 5.74) is 0. The summed E-state index contributed by atoms with van der Waals surface area (Å²) in [6.45, 7) is 0.706. The zero-order chi connectivity index (χ0) is 13.9. The van der Waals surface area contributed by atoms with Crippen LogP contribution in [0.15, 0.2) is 4.42 Å². The molecular weight excluding hydrogens is 259 g/mol. The normalized spacial score (nSPS) is 24.6. The Morgan fingerprint density at radius 3 is 2.79 bits per heavy atom. The topological polar surface area (TPSA) is 51.0 Å². The van der Waals surface area contributed by atoms with Crippen LogP contribution in [-0.4, -0.2) is 30.0 Å². The van der Waals surface area contributed by atoms with Crippen LogP contribution in [-0.2, 0) is 6.42 Å². The van der Waals surface area contributed by atoms with Crippen LogP contribution in [0.3, 0.4) is 0 Å². The van der Waals surface area contributed by atoms with Crippen molar-refractivity contribution < 1.29 is 17.6 Å². The summed E-state index contributed by atoms with van der Waals surface area (Å²) in [7, 11) is 1.81. The van der Waals surface area contributed by atoms with E-state index in [9.17, 15) is 13.2 Å². The van der Waals surface area contributed by atoms with Crippen molar-refractivity contribution in [1.82, 2.24) is 15.5 Å². The molecular formula is C12H18F3N3O. The second kappa shape index (κ2) is 5.90. The number of nitrogens with zero attached hydrogens (tertiary/aromatic N) is 2. The monoisotopic (exact) mass is 277 g/mol. The summed E-state index contributed by atoms with van der Waals surface area (Å²) in [5.74, 6) is -0.645. The summed E-state index contributed by atoms with van der Waals surface area (Å²) in [6.07, 6.45) is -1.99. The minimum Gasteiger partial charge on any atom is -0.425 e. The predicted octanol–water partition coefficient (Wildman–Crippen LogP) is 2.67. The molecule has 2 atom stereocenters. The highest BCUT2D eigenvalue weighted by atomic mass is 19.4. The Morgan fingerprint density at radius 1 is 1.32 bits per heavy atom. The summed E-state index contributed by atoms with van der Waals surface area (Å²) in [4.78, 5) is 0. The number of hydrogen-bond donors (Lipinski definition) is 1. The van der Waals surface area contributed by atoms with Gasteiger partial charge in [0.25, 0.3) is 0 Å². The van der Waals surface area contributed by atoms with Crippen LogP contribution >= 0.6 is 0 Å². The third kappa shape index (κ3) is 3.68. The Labute approximate surface area is 109 Å². The largest absolute Gasteiger partial charge is 0.425 e. The molecule has 1 aromatic heterocycles. The first-order valence-corrected chi connectivity index (χ1v) is 6.54. The van der Waals surface area contributed by atoms with Crippen molar-refractivity contribution in [1.29, 1.82) is 0 Å². The zero-order valence-electron chi connectivity index (χ0n) is 10.8. The highest BCUT2D eigenvalue weighted by Gasteiger charge is 2.43. The van der Waals surface area contributed by atoms with Gasteiger partial charge in [0.05, 0.1) is 5.92 Å². The van der Waals surface area contributed by atoms with Gasteiger partial charge < -0.3 is 9.73 Å². The van der Waals surface area contributed by atoms with E-state index in [0.29, 0.717) is 37.6 Å². The first kappa shape index (κ1) is 14.3. The molecule has 19 heavy (non-hydrogen) atoms. The van der Waals surface area contributed by atoms with E-state index in [0.717, 1.165) is 0 Å². The molecule has 0 aromatic carbocycles. The summed E-state index contributed by atoms with van der Waals surface area (Å²) in [5, 5.41) is 10.7. The van der Waals surface area contributed by atoms with E-state index < -0.39 is 12.1 Å². The number of alkyl halides is 3. The number of halogens is 3. The molecule has 0 aliphatic heterocycles. The molecule has 1 fully saturated rings. The van der Waals surface area contributed by atoms with Crippen LogP contribution in [0.1, 0.15) is 43.4 Å². The SMILES string of the molecule is CNCCc1nnc(C2CCCC(C(F)(F)F)C2)o1. The van der Waals surface area contributed by atoms with E-state index in [1.807, 2.05) is 7.05 Å². The lowest BCUT2D eigenvalue weighted by molar-refractivity contribution is -0.183. The van der Waals surface area contributed by atoms with Gasteiger partial charge in [-0.2, -0.15) is 13.2 Å². The molecule has 1 aliphatic rings. The van der Waals surface area contributed by atoms with Crippen molar-refractivity contribution in [2.24, 2.45) is 5.92 Å². The molecule has 2 unspecified atom stereocenters. The first-order valence-electron chi connectivity index (χ1n) is 6.54. The van der Waals surface area contributed by atoms with Gasteiger partial charge in [-0.3, -0.25) is 0 Å². The average Bonchev–Trinajstić information content (AvgIpc) is 2.84. The number of likely N-dealkylation sites (N-methyl/N-ethyl adjacent to an activating group) is 1. The molecule has 1 saturated carbocycles. The third-order valence-corrected chi connectivity index (χ3v) is 3.56. The maximum atomic E-state index is 12.7. The molecule has 0 saturated heterocycles. The molecule has 1 aliphatic carbocycles. The van der Waals surface area contributed by atoms with Gasteiger partial charge in [-0.15, -0.1) is 10.2 Å². The van der Waals surface area contributed by atoms with E-state index in [2.05, 4.69) is 15.5 Å². The molecule has 0 spiro atoms. The molecule has 0 radical (unpaired) electrons. The van der Waals surface area contributed by atoms with Crippen molar-refractivity contribution in [3.05, 3.63) is 11.8 Å². The van der Waals surface area contributed by atoms with E-state index in [1.165, 1.54) is 0 Å². The van der Waals surface area contributed by atoms with E-state index in [1.54, 1.807) is 0 Å². The highest BCUT2D eigenvalue weighted by molar-refractivity contribution is 4.96. The molecule has 0 bridgehead atoms. The molecule has 1 heterocycles. The maximum absolute atomic E-state index is 12.7. The summed E-state index contributed by atoms with van der Waals surface area (Å²) >= 11 is 0. The van der Waals surface area contributed by atoms with Gasteiger partial charge in [-0.25, -0.2) is 0 Å². The second-order valence-corrected chi connectivity index (χ2v) is 4.99. The lowest BCUT2D eigenvalue weighted by Gasteiger charge is -2.28. The van der Waals surface area contributed by atoms with Gasteiger partial charge in [-0.1, -0.05) is 6.42 Å². The van der Waals surface area contributed by atoms with Gasteiger partial charge in [-0.05, 0) is 26.3 Å². The van der Waals surface area contributed by atoms with E-state index in [4.69, 9.17) is 4.42 Å². The Kier molecular flexibility index (Phi) is 4.44. The fraction of sp³-hybridized carbons (Fsp3) is 0.833. The van der Waals surface area contributed by atoms with Crippen LogP contribution in [0.25, 0.3) is 0 Å². The Morgan fingerprint density at radius 2 is 2.11 bits per heavy atom. The Hall–Kier alpha value is -1.11. The number of rotatable bonds is 4. The fourth-order valence-electron chi connectivity index (χ4n) is 2.48. The van der Waals surface area contributed by atoms with Gasteiger partial charge in [0, 0.05) is 18.9 Å². The lowest BCUT2D eigenvalue weighted by atomic mass is 9.81. The molecule has 7 heteroatoms. The average molecular weight is 277 g/mol. The summed E-state index contributed by atoms with van der Waals surface area (Å²) < 4.78 is 43.6. The van der Waals surface area contributed by atoms with E-state index >= 15 is 0 Å². The molecule has 1 N–H and O–H groups in total. The van der Waals surface area contributed by atoms with Crippen LogP contribution < -0.4 is 5.32 Å². The van der Waals surface area contributed by atoms with Crippen LogP contribution in [0.4, 0.5) is 13.2 Å². The molecule has 108 valence electrons. The Balaban J connectivity index is 1.99. The van der Waals surface area contributed by atoms with Crippen molar-refractivity contribution in [2.75, 3.05) is 13.6 Å². The number of hydrogen-bond acceptors (Lipinski definition) is 4. The van der Waals surface area contributed by atoms with Crippen LogP contribution in [0.5, 0.6) is 0 Å². The second-order valence-electron chi connectivity index (χ2n) is 4.99. The maximum Gasteiger partial charge on any atom is 0.391 e. The lowest BCUT2D eigenvalue weighted by Crippen LogP contribution is -2.28. The first-order chi connectivity index (χ1) is 9.00. The van der Waals surface area contributed by atoms with E-state index in [-0.39, 0.29) is 18.8 Å². The minimum atomic E-state index is -4.12. The quantitative estimate of drug-likeness (QED) is 0.919. The minimum absolute atomic E-state index is 0.0666. The van der Waals surface area contributed by atoms with Crippen molar-refractivity contribution >= 4 is 0 Å². The van der Waals surface area contributed by atoms with Gasteiger partial charge in [0.1, 0.15) is 0 Å². The van der Waals surface area contributed by atoms with Gasteiger partial charge >= 0.3 is 6.18 Å². The van der Waals surface area contributed by atoms with Crippen molar-refractivity contribution in [3.8, 4) is 0 Å². The van der Waals surface area contributed by atoms with Crippen LogP contribution in [0.2, 0.25) is 0 Å². The Bertz CT molecular complexity index is 405. The predicted molar refractivity (Wildman–Crippen MR) is 62.7 cm³/mol. The molecule has 2 rings (SSSR count). The van der Waals surface area contributed by atoms with Crippen molar-refractivity contribution in [3.63, 3.8) is 0 Å². The zero-order valence-corrected chi connectivity index (χ0v) is 10.8. The molecule has 4 nitrogen and oxygen atoms in total. The molecule has 0 amide bonds. The van der Waals surface area contributed by atoms with Gasteiger partial charge in [0.15, 0.2) is 0 Å². The fourth-order valence-corrected chi connectivity index (χ4v) is 2.48. The standard InChI is InChI=1S/C12H18F3N3O/c1-16-6-5-10-17-18-11(19-10)8-3-2-4-9(7-8)12(13,14)15/h8-9,16H,2-7H2,1H3. The third-order valence-electron chi connectivity index (χ3n) is 3.56. The summed E-state index contributed by atoms with van der Waals surface area (Å²) in [6, 6.07) is 0.